The van der Waals surface area contributed by atoms with Gasteiger partial charge in [-0.1, -0.05) is 6.07 Å². The molecule has 1 aliphatic heterocycles. The number of pyridine rings is 2. The number of aryl methyl sites for hydroxylation is 3. The Balaban J connectivity index is 1.44. The second-order valence-corrected chi connectivity index (χ2v) is 10.0. The van der Waals surface area contributed by atoms with E-state index in [1.807, 2.05) is 23.2 Å². The molecule has 34 heavy (non-hydrogen) atoms. The van der Waals surface area contributed by atoms with E-state index < -0.39 is 0 Å². The molecule has 3 aromatic rings. The number of amides is 1. The summed E-state index contributed by atoms with van der Waals surface area (Å²) in [7, 11) is 1.75. The number of hydrogen-bond acceptors (Lipinski definition) is 5. The van der Waals surface area contributed by atoms with Gasteiger partial charge in [0.1, 0.15) is 5.75 Å². The minimum Gasteiger partial charge on any atom is -0.496 e. The predicted octanol–water partition coefficient (Wildman–Crippen LogP) is 4.13. The van der Waals surface area contributed by atoms with Gasteiger partial charge >= 0.3 is 0 Å². The number of hydrogen-bond donors (Lipinski definition) is 0. The number of benzene rings is 1. The van der Waals surface area contributed by atoms with Crippen molar-refractivity contribution in [1.82, 2.24) is 19.8 Å². The van der Waals surface area contributed by atoms with Crippen LogP contribution in [0.5, 0.6) is 5.75 Å². The van der Waals surface area contributed by atoms with Crippen molar-refractivity contribution in [2.45, 2.75) is 32.2 Å². The highest BCUT2D eigenvalue weighted by Gasteiger charge is 2.35. The lowest BCUT2D eigenvalue weighted by molar-refractivity contribution is -0.132. The van der Waals surface area contributed by atoms with Crippen LogP contribution in [-0.2, 0) is 24.1 Å². The topological polar surface area (TPSA) is 58.6 Å². The molecule has 2 aliphatic rings. The molecule has 1 saturated heterocycles. The maximum atomic E-state index is 12.9. The lowest BCUT2D eigenvalue weighted by Gasteiger charge is -2.40. The summed E-state index contributed by atoms with van der Waals surface area (Å²) in [5.41, 5.74) is 7.13. The number of piperazine rings is 1. The molecule has 2 aromatic heterocycles. The molecule has 1 aliphatic carbocycles. The van der Waals surface area contributed by atoms with Crippen LogP contribution in [0.15, 0.2) is 53.4 Å². The highest BCUT2D eigenvalue weighted by atomic mass is 79.9. The van der Waals surface area contributed by atoms with Gasteiger partial charge in [-0.15, -0.1) is 0 Å². The number of halogens is 1. The van der Waals surface area contributed by atoms with Gasteiger partial charge in [0.05, 0.1) is 25.3 Å². The fourth-order valence-electron chi connectivity index (χ4n) is 5.24. The van der Waals surface area contributed by atoms with E-state index in [-0.39, 0.29) is 11.9 Å². The third-order valence-electron chi connectivity index (χ3n) is 6.89. The first-order valence-electron chi connectivity index (χ1n) is 11.8. The van der Waals surface area contributed by atoms with Crippen LogP contribution in [0.4, 0.5) is 0 Å². The number of ether oxygens (including phenoxy) is 1. The zero-order valence-corrected chi connectivity index (χ0v) is 21.2. The Hall–Kier alpha value is -2.77. The standard InChI is InChI=1S/C27H29BrN4O2/c1-18-13-20-3-4-21-16-22(28)17-30-26(21)27(25(20)23(14-18)34-2)32-11-9-31(10-12-32)24(33)15-19-5-7-29-8-6-19/h5-8,13-14,16-17,27H,3-4,9-12,15H2,1-2H3. The van der Waals surface area contributed by atoms with E-state index >= 15 is 0 Å². The highest BCUT2D eigenvalue weighted by Crippen LogP contribution is 2.42. The summed E-state index contributed by atoms with van der Waals surface area (Å²) in [6.45, 7) is 5.12. The number of aromatic nitrogens is 2. The number of nitrogens with zero attached hydrogens (tertiary/aromatic N) is 4. The van der Waals surface area contributed by atoms with Crippen molar-refractivity contribution in [2.24, 2.45) is 0 Å². The summed E-state index contributed by atoms with van der Waals surface area (Å²) in [6, 6.07) is 10.4. The van der Waals surface area contributed by atoms with Crippen LogP contribution < -0.4 is 4.74 Å². The normalized spacial score (nSPS) is 18.1. The second kappa shape index (κ2) is 9.84. The molecule has 1 aromatic carbocycles. The van der Waals surface area contributed by atoms with Gasteiger partial charge in [0.25, 0.3) is 0 Å². The molecule has 6 nitrogen and oxygen atoms in total. The van der Waals surface area contributed by atoms with Crippen LogP contribution in [0.25, 0.3) is 0 Å². The molecule has 5 rings (SSSR count). The first-order valence-corrected chi connectivity index (χ1v) is 12.5. The monoisotopic (exact) mass is 520 g/mol. The van der Waals surface area contributed by atoms with Crippen LogP contribution in [0.1, 0.15) is 39.6 Å². The fourth-order valence-corrected chi connectivity index (χ4v) is 5.62. The summed E-state index contributed by atoms with van der Waals surface area (Å²) in [5, 5.41) is 0. The molecule has 1 unspecified atom stereocenters. The van der Waals surface area contributed by atoms with Gasteiger partial charge in [0, 0.05) is 54.8 Å². The Morgan fingerprint density at radius 1 is 1.09 bits per heavy atom. The van der Waals surface area contributed by atoms with E-state index in [0.29, 0.717) is 19.5 Å². The van der Waals surface area contributed by atoms with Gasteiger partial charge < -0.3 is 9.64 Å². The molecule has 3 heterocycles. The largest absolute Gasteiger partial charge is 0.496 e. The molecule has 0 N–H and O–H groups in total. The van der Waals surface area contributed by atoms with E-state index in [1.54, 1.807) is 19.5 Å². The molecule has 0 bridgehead atoms. The third-order valence-corrected chi connectivity index (χ3v) is 7.33. The number of carbonyl (C=O) groups excluding carboxylic acids is 1. The average molecular weight is 521 g/mol. The zero-order valence-electron chi connectivity index (χ0n) is 19.6. The van der Waals surface area contributed by atoms with E-state index in [0.717, 1.165) is 47.4 Å². The Morgan fingerprint density at radius 2 is 1.82 bits per heavy atom. The first-order chi connectivity index (χ1) is 16.5. The smallest absolute Gasteiger partial charge is 0.227 e. The molecule has 1 atom stereocenters. The van der Waals surface area contributed by atoms with E-state index in [9.17, 15) is 4.79 Å². The van der Waals surface area contributed by atoms with Crippen LogP contribution >= 0.6 is 15.9 Å². The quantitative estimate of drug-likeness (QED) is 0.517. The van der Waals surface area contributed by atoms with Gasteiger partial charge in [-0.05, 0) is 82.2 Å². The molecule has 176 valence electrons. The molecule has 0 spiro atoms. The zero-order chi connectivity index (χ0) is 23.7. The van der Waals surface area contributed by atoms with Crippen LogP contribution in [0, 0.1) is 6.92 Å². The van der Waals surface area contributed by atoms with Gasteiger partial charge in [-0.25, -0.2) is 0 Å². The Morgan fingerprint density at radius 3 is 2.56 bits per heavy atom. The van der Waals surface area contributed by atoms with E-state index in [1.165, 1.54) is 22.3 Å². The van der Waals surface area contributed by atoms with E-state index in [2.05, 4.69) is 50.9 Å². The fraction of sp³-hybridized carbons (Fsp3) is 0.370. The predicted molar refractivity (Wildman–Crippen MR) is 135 cm³/mol. The van der Waals surface area contributed by atoms with Crippen molar-refractivity contribution in [3.63, 3.8) is 0 Å². The van der Waals surface area contributed by atoms with Gasteiger partial charge in [-0.3, -0.25) is 19.7 Å². The maximum absolute atomic E-state index is 12.9. The van der Waals surface area contributed by atoms with Crippen LogP contribution in [0.3, 0.4) is 0 Å². The molecule has 7 heteroatoms. The van der Waals surface area contributed by atoms with Crippen molar-refractivity contribution >= 4 is 21.8 Å². The first kappa shape index (κ1) is 23.0. The van der Waals surface area contributed by atoms with Crippen LogP contribution in [0.2, 0.25) is 0 Å². The average Bonchev–Trinajstić information content (AvgIpc) is 3.01. The minimum absolute atomic E-state index is 0.00796. The summed E-state index contributed by atoms with van der Waals surface area (Å²) < 4.78 is 6.91. The minimum atomic E-state index is 0.00796. The summed E-state index contributed by atoms with van der Waals surface area (Å²) in [4.78, 5) is 26.3. The van der Waals surface area contributed by atoms with Crippen molar-refractivity contribution in [3.05, 3.63) is 86.9 Å². The lowest BCUT2D eigenvalue weighted by Crippen LogP contribution is -2.50. The van der Waals surface area contributed by atoms with Gasteiger partial charge in [0.15, 0.2) is 0 Å². The van der Waals surface area contributed by atoms with Crippen molar-refractivity contribution in [3.8, 4) is 5.75 Å². The van der Waals surface area contributed by atoms with Crippen molar-refractivity contribution in [2.75, 3.05) is 33.3 Å². The summed E-state index contributed by atoms with van der Waals surface area (Å²) >= 11 is 3.61. The molecular weight excluding hydrogens is 492 g/mol. The highest BCUT2D eigenvalue weighted by molar-refractivity contribution is 9.10. The number of fused-ring (bicyclic) bond motifs is 2. The molecule has 1 fully saturated rings. The van der Waals surface area contributed by atoms with Gasteiger partial charge in [0.2, 0.25) is 5.91 Å². The molecule has 1 amide bonds. The van der Waals surface area contributed by atoms with Crippen molar-refractivity contribution < 1.29 is 9.53 Å². The lowest BCUT2D eigenvalue weighted by atomic mass is 9.93. The second-order valence-electron chi connectivity index (χ2n) is 9.09. The summed E-state index contributed by atoms with van der Waals surface area (Å²) in [6.07, 6.45) is 7.69. The Bertz CT molecular complexity index is 1190. The van der Waals surface area contributed by atoms with Gasteiger partial charge in [-0.2, -0.15) is 0 Å². The number of methoxy groups -OCH3 is 1. The van der Waals surface area contributed by atoms with E-state index in [4.69, 9.17) is 9.72 Å². The molecule has 0 saturated carbocycles. The Labute approximate surface area is 209 Å². The molecule has 0 radical (unpaired) electrons. The molecular formula is C27H29BrN4O2. The van der Waals surface area contributed by atoms with Crippen molar-refractivity contribution in [1.29, 1.82) is 0 Å². The number of carbonyl (C=O) groups is 1. The summed E-state index contributed by atoms with van der Waals surface area (Å²) in [5.74, 6) is 1.09. The Kier molecular flexibility index (Phi) is 6.66. The SMILES string of the molecule is COc1cc(C)cc2c1C(N1CCN(C(=O)Cc3ccncc3)CC1)c1ncc(Br)cc1CC2. The maximum Gasteiger partial charge on any atom is 0.227 e. The van der Waals surface area contributed by atoms with Crippen LogP contribution in [-0.4, -0.2) is 59.0 Å². The number of rotatable bonds is 4. The third kappa shape index (κ3) is 4.59.